The third-order valence-electron chi connectivity index (χ3n) is 5.71. The first-order valence-corrected chi connectivity index (χ1v) is 8.53. The molecule has 0 saturated carbocycles. The zero-order chi connectivity index (χ0) is 15.3. The largest absolute Gasteiger partial charge is 0.308 e. The van der Waals surface area contributed by atoms with Gasteiger partial charge in [-0.15, -0.1) is 0 Å². The topological polar surface area (TPSA) is 28.2 Å². The fraction of sp³-hybridized carbons (Fsp3) is 0.722. The number of nitrogens with one attached hydrogen (secondary N) is 1. The average molecular weight is 289 g/mol. The van der Waals surface area contributed by atoms with E-state index in [4.69, 9.17) is 0 Å². The van der Waals surface area contributed by atoms with Gasteiger partial charge in [-0.1, -0.05) is 33.8 Å². The maximum atomic E-state index is 4.54. The van der Waals surface area contributed by atoms with E-state index in [0.29, 0.717) is 0 Å². The molecule has 1 aromatic rings. The summed E-state index contributed by atoms with van der Waals surface area (Å²) >= 11 is 0. The maximum Gasteiger partial charge on any atom is 0.0544 e. The number of nitrogens with zero attached hydrogens (tertiary/aromatic N) is 2. The normalized spacial score (nSPS) is 21.3. The second-order valence-corrected chi connectivity index (χ2v) is 6.45. The quantitative estimate of drug-likeness (QED) is 0.867. The van der Waals surface area contributed by atoms with Crippen molar-refractivity contribution in [1.29, 1.82) is 0 Å². The minimum atomic E-state index is 0.266. The van der Waals surface area contributed by atoms with Crippen LogP contribution in [0.25, 0.3) is 0 Å². The van der Waals surface area contributed by atoms with Gasteiger partial charge in [0.25, 0.3) is 0 Å². The first-order valence-electron chi connectivity index (χ1n) is 8.53. The molecule has 0 amide bonds. The van der Waals surface area contributed by atoms with E-state index in [1.165, 1.54) is 31.4 Å². The number of aromatic nitrogens is 1. The molecule has 1 saturated heterocycles. The zero-order valence-corrected chi connectivity index (χ0v) is 14.2. The Morgan fingerprint density at radius 3 is 2.33 bits per heavy atom. The van der Waals surface area contributed by atoms with E-state index in [9.17, 15) is 0 Å². The van der Waals surface area contributed by atoms with Crippen LogP contribution in [0.15, 0.2) is 24.4 Å². The molecule has 0 radical (unpaired) electrons. The summed E-state index contributed by atoms with van der Waals surface area (Å²) in [6, 6.07) is 6.24. The van der Waals surface area contributed by atoms with E-state index in [1.807, 2.05) is 12.3 Å². The second-order valence-electron chi connectivity index (χ2n) is 6.45. The zero-order valence-electron chi connectivity index (χ0n) is 14.2. The number of hydrogen-bond donors (Lipinski definition) is 1. The van der Waals surface area contributed by atoms with Crippen molar-refractivity contribution < 1.29 is 0 Å². The first-order chi connectivity index (χ1) is 10.1. The van der Waals surface area contributed by atoms with Gasteiger partial charge in [0.2, 0.25) is 0 Å². The van der Waals surface area contributed by atoms with Gasteiger partial charge in [-0.25, -0.2) is 0 Å². The van der Waals surface area contributed by atoms with Gasteiger partial charge in [-0.3, -0.25) is 9.88 Å². The van der Waals surface area contributed by atoms with Gasteiger partial charge in [0.1, 0.15) is 0 Å². The van der Waals surface area contributed by atoms with Crippen molar-refractivity contribution in [3.05, 3.63) is 30.1 Å². The molecule has 0 atom stereocenters. The molecule has 0 aromatic carbocycles. The van der Waals surface area contributed by atoms with Gasteiger partial charge in [-0.05, 0) is 37.8 Å². The molecule has 118 valence electrons. The Morgan fingerprint density at radius 1 is 1.10 bits per heavy atom. The van der Waals surface area contributed by atoms with E-state index in [-0.39, 0.29) is 11.1 Å². The van der Waals surface area contributed by atoms with Crippen LogP contribution >= 0.6 is 0 Å². The van der Waals surface area contributed by atoms with Gasteiger partial charge >= 0.3 is 0 Å². The summed E-state index contributed by atoms with van der Waals surface area (Å²) in [6.45, 7) is 12.4. The van der Waals surface area contributed by atoms with Crippen molar-refractivity contribution in [2.24, 2.45) is 0 Å². The number of pyridine rings is 1. The summed E-state index contributed by atoms with van der Waals surface area (Å²) in [7, 11) is 0. The Labute approximate surface area is 130 Å². The van der Waals surface area contributed by atoms with Crippen LogP contribution in [0.1, 0.15) is 59.1 Å². The molecule has 1 N–H and O–H groups in total. The second kappa shape index (κ2) is 6.89. The monoisotopic (exact) mass is 289 g/mol. The summed E-state index contributed by atoms with van der Waals surface area (Å²) in [6.07, 6.45) is 6.65. The number of hydrogen-bond acceptors (Lipinski definition) is 3. The molecule has 2 heterocycles. The van der Waals surface area contributed by atoms with Gasteiger partial charge in [0.15, 0.2) is 0 Å². The lowest BCUT2D eigenvalue weighted by Crippen LogP contribution is -2.69. The highest BCUT2D eigenvalue weighted by atomic mass is 15.3. The van der Waals surface area contributed by atoms with E-state index in [2.05, 4.69) is 55.0 Å². The molecule has 21 heavy (non-hydrogen) atoms. The number of rotatable bonds is 6. The minimum absolute atomic E-state index is 0.266. The van der Waals surface area contributed by atoms with Crippen molar-refractivity contribution >= 4 is 0 Å². The summed E-state index contributed by atoms with van der Waals surface area (Å²) < 4.78 is 0. The van der Waals surface area contributed by atoms with Gasteiger partial charge in [0.05, 0.1) is 5.69 Å². The van der Waals surface area contributed by atoms with Crippen LogP contribution in [-0.4, -0.2) is 34.1 Å². The third-order valence-corrected chi connectivity index (χ3v) is 5.71. The first kappa shape index (κ1) is 16.4. The molecular formula is C18H31N3. The highest BCUT2D eigenvalue weighted by Crippen LogP contribution is 2.33. The highest BCUT2D eigenvalue weighted by Gasteiger charge is 2.44. The van der Waals surface area contributed by atoms with Crippen LogP contribution in [0.4, 0.5) is 0 Å². The fourth-order valence-electron chi connectivity index (χ4n) is 3.63. The van der Waals surface area contributed by atoms with Gasteiger partial charge in [0, 0.05) is 36.9 Å². The van der Waals surface area contributed by atoms with Crippen molar-refractivity contribution in [2.45, 2.75) is 71.0 Å². The molecule has 1 aromatic heterocycles. The van der Waals surface area contributed by atoms with Crippen LogP contribution in [0, 0.1) is 0 Å². The summed E-state index contributed by atoms with van der Waals surface area (Å²) in [5, 5.41) is 3.88. The lowest BCUT2D eigenvalue weighted by atomic mass is 9.80. The predicted octanol–water partition coefficient (Wildman–Crippen LogP) is 3.60. The average Bonchev–Trinajstić information content (AvgIpc) is 2.56. The standard InChI is InChI=1S/C18H31N3/c1-5-17(6-2)15-21(13-16-11-9-10-12-19-16)18(7-3,8-4)14-20-17/h9-12,20H,5-8,13-15H2,1-4H3. The molecular weight excluding hydrogens is 258 g/mol. The molecule has 3 heteroatoms. The molecule has 0 spiro atoms. The van der Waals surface area contributed by atoms with E-state index < -0.39 is 0 Å². The summed E-state index contributed by atoms with van der Waals surface area (Å²) in [4.78, 5) is 7.24. The lowest BCUT2D eigenvalue weighted by molar-refractivity contribution is -0.0118. The molecule has 1 fully saturated rings. The van der Waals surface area contributed by atoms with Crippen LogP contribution in [0.2, 0.25) is 0 Å². The molecule has 0 aliphatic carbocycles. The SMILES string of the molecule is CCC1(CC)CN(Cc2ccccn2)C(CC)(CC)CN1. The highest BCUT2D eigenvalue weighted by molar-refractivity contribution is 5.09. The Bertz CT molecular complexity index is 421. The molecule has 1 aliphatic heterocycles. The molecule has 0 bridgehead atoms. The lowest BCUT2D eigenvalue weighted by Gasteiger charge is -2.54. The van der Waals surface area contributed by atoms with Crippen LogP contribution < -0.4 is 5.32 Å². The smallest absolute Gasteiger partial charge is 0.0544 e. The minimum Gasteiger partial charge on any atom is -0.308 e. The van der Waals surface area contributed by atoms with E-state index >= 15 is 0 Å². The molecule has 1 aliphatic rings. The third kappa shape index (κ3) is 3.29. The number of piperazine rings is 1. The summed E-state index contributed by atoms with van der Waals surface area (Å²) in [5.41, 5.74) is 1.72. The maximum absolute atomic E-state index is 4.54. The van der Waals surface area contributed by atoms with Crippen molar-refractivity contribution in [2.75, 3.05) is 13.1 Å². The van der Waals surface area contributed by atoms with E-state index in [0.717, 1.165) is 19.6 Å². The molecule has 0 unspecified atom stereocenters. The molecule has 3 nitrogen and oxygen atoms in total. The fourth-order valence-corrected chi connectivity index (χ4v) is 3.63. The van der Waals surface area contributed by atoms with Gasteiger partial charge in [-0.2, -0.15) is 0 Å². The summed E-state index contributed by atoms with van der Waals surface area (Å²) in [5.74, 6) is 0. The Kier molecular flexibility index (Phi) is 5.39. The van der Waals surface area contributed by atoms with Crippen molar-refractivity contribution in [3.63, 3.8) is 0 Å². The van der Waals surface area contributed by atoms with Crippen LogP contribution in [0.5, 0.6) is 0 Å². The van der Waals surface area contributed by atoms with Crippen molar-refractivity contribution in [1.82, 2.24) is 15.2 Å². The Hall–Kier alpha value is -0.930. The van der Waals surface area contributed by atoms with Crippen LogP contribution in [-0.2, 0) is 6.54 Å². The Balaban J connectivity index is 2.24. The van der Waals surface area contributed by atoms with E-state index in [1.54, 1.807) is 0 Å². The molecule has 2 rings (SSSR count). The van der Waals surface area contributed by atoms with Crippen molar-refractivity contribution in [3.8, 4) is 0 Å². The predicted molar refractivity (Wildman–Crippen MR) is 89.3 cm³/mol. The van der Waals surface area contributed by atoms with Crippen LogP contribution in [0.3, 0.4) is 0 Å². The Morgan fingerprint density at radius 2 is 1.81 bits per heavy atom. The van der Waals surface area contributed by atoms with Gasteiger partial charge < -0.3 is 5.32 Å².